The average molecular weight is 371 g/mol. The molecule has 8 heteroatoms. The molecular weight excluding hydrogens is 354 g/mol. The van der Waals surface area contributed by atoms with Gasteiger partial charge in [0.25, 0.3) is 0 Å². The van der Waals surface area contributed by atoms with Gasteiger partial charge in [-0.3, -0.25) is 4.79 Å². The first-order valence-electron chi connectivity index (χ1n) is 7.71. The fourth-order valence-corrected chi connectivity index (χ4v) is 2.14. The van der Waals surface area contributed by atoms with Gasteiger partial charge in [0.15, 0.2) is 11.6 Å². The average Bonchev–Trinajstić information content (AvgIpc) is 2.59. The van der Waals surface area contributed by atoms with Gasteiger partial charge in [-0.05, 0) is 17.7 Å². The predicted molar refractivity (Wildman–Crippen MR) is 86.1 cm³/mol. The Morgan fingerprint density at radius 1 is 1.04 bits per heavy atom. The standard InChI is InChI=1S/C18H17F4NO3/c19-14-8-4-5-9-16(14)26-10-15(13-6-2-1-3-7-13)23-17(24)11-25-12-18(20,21)22/h1-9,15H,10-12H2,(H,23,24). The highest BCUT2D eigenvalue weighted by atomic mass is 19.4. The summed E-state index contributed by atoms with van der Waals surface area (Å²) in [4.78, 5) is 11.9. The third-order valence-electron chi connectivity index (χ3n) is 3.28. The number of rotatable bonds is 8. The number of carbonyl (C=O) groups excluding carboxylic acids is 1. The first-order chi connectivity index (χ1) is 12.3. The second-order valence-electron chi connectivity index (χ2n) is 5.38. The minimum atomic E-state index is -4.51. The summed E-state index contributed by atoms with van der Waals surface area (Å²) >= 11 is 0. The zero-order chi connectivity index (χ0) is 19.0. The number of carbonyl (C=O) groups is 1. The number of para-hydroxylation sites is 1. The van der Waals surface area contributed by atoms with Gasteiger partial charge in [0, 0.05) is 0 Å². The lowest BCUT2D eigenvalue weighted by Crippen LogP contribution is -2.35. The van der Waals surface area contributed by atoms with Crippen LogP contribution < -0.4 is 10.1 Å². The topological polar surface area (TPSA) is 47.6 Å². The van der Waals surface area contributed by atoms with E-state index in [0.717, 1.165) is 0 Å². The molecule has 0 saturated heterocycles. The molecule has 0 spiro atoms. The second-order valence-corrected chi connectivity index (χ2v) is 5.38. The molecule has 2 rings (SSSR count). The minimum Gasteiger partial charge on any atom is -0.488 e. The highest BCUT2D eigenvalue weighted by Crippen LogP contribution is 2.19. The van der Waals surface area contributed by atoms with Crippen molar-refractivity contribution in [3.8, 4) is 5.75 Å². The number of amides is 1. The second kappa shape index (κ2) is 9.19. The number of alkyl halides is 3. The maximum atomic E-state index is 13.6. The van der Waals surface area contributed by atoms with Crippen LogP contribution in [0.2, 0.25) is 0 Å². The van der Waals surface area contributed by atoms with E-state index in [1.54, 1.807) is 36.4 Å². The molecule has 26 heavy (non-hydrogen) atoms. The molecule has 0 fully saturated rings. The lowest BCUT2D eigenvalue weighted by atomic mass is 10.1. The molecule has 0 aliphatic rings. The summed E-state index contributed by atoms with van der Waals surface area (Å²) in [5.74, 6) is -1.28. The van der Waals surface area contributed by atoms with Crippen LogP contribution in [0, 0.1) is 5.82 Å². The summed E-state index contributed by atoms with van der Waals surface area (Å²) in [6.45, 7) is -2.36. The molecule has 1 amide bonds. The van der Waals surface area contributed by atoms with Gasteiger partial charge in [-0.15, -0.1) is 0 Å². The van der Waals surface area contributed by atoms with E-state index in [-0.39, 0.29) is 12.4 Å². The first-order valence-corrected chi connectivity index (χ1v) is 7.71. The zero-order valence-corrected chi connectivity index (χ0v) is 13.6. The third kappa shape index (κ3) is 6.72. The Balaban J connectivity index is 1.98. The van der Waals surface area contributed by atoms with Crippen LogP contribution in [0.1, 0.15) is 11.6 Å². The summed E-state index contributed by atoms with van der Waals surface area (Å²) in [6.07, 6.45) is -4.51. The van der Waals surface area contributed by atoms with Gasteiger partial charge < -0.3 is 14.8 Å². The van der Waals surface area contributed by atoms with Crippen molar-refractivity contribution in [2.75, 3.05) is 19.8 Å². The van der Waals surface area contributed by atoms with Crippen molar-refractivity contribution >= 4 is 5.91 Å². The van der Waals surface area contributed by atoms with Crippen LogP contribution in [0.3, 0.4) is 0 Å². The van der Waals surface area contributed by atoms with E-state index in [4.69, 9.17) is 4.74 Å². The molecule has 0 heterocycles. The number of nitrogens with one attached hydrogen (secondary N) is 1. The highest BCUT2D eigenvalue weighted by Gasteiger charge is 2.28. The van der Waals surface area contributed by atoms with E-state index >= 15 is 0 Å². The number of ether oxygens (including phenoxy) is 2. The van der Waals surface area contributed by atoms with Gasteiger partial charge in [0.05, 0.1) is 6.04 Å². The Labute approximate surface area is 147 Å². The van der Waals surface area contributed by atoms with Crippen LogP contribution >= 0.6 is 0 Å². The number of hydrogen-bond donors (Lipinski definition) is 1. The van der Waals surface area contributed by atoms with E-state index in [2.05, 4.69) is 10.1 Å². The third-order valence-corrected chi connectivity index (χ3v) is 3.28. The zero-order valence-electron chi connectivity index (χ0n) is 13.6. The Kier molecular flexibility index (Phi) is 6.97. The van der Waals surface area contributed by atoms with Gasteiger partial charge in [0.1, 0.15) is 19.8 Å². The highest BCUT2D eigenvalue weighted by molar-refractivity contribution is 5.77. The van der Waals surface area contributed by atoms with Gasteiger partial charge in [-0.1, -0.05) is 42.5 Å². The number of halogens is 4. The molecule has 2 aromatic carbocycles. The van der Waals surface area contributed by atoms with Crippen molar-refractivity contribution < 1.29 is 31.8 Å². The molecule has 1 unspecified atom stereocenters. The van der Waals surface area contributed by atoms with Crippen LogP contribution in [-0.4, -0.2) is 31.9 Å². The summed E-state index contributed by atoms with van der Waals surface area (Å²) in [7, 11) is 0. The minimum absolute atomic E-state index is 0.0102. The molecule has 0 aliphatic heterocycles. The van der Waals surface area contributed by atoms with Gasteiger partial charge in [-0.2, -0.15) is 13.2 Å². The van der Waals surface area contributed by atoms with E-state index in [0.29, 0.717) is 5.56 Å². The van der Waals surface area contributed by atoms with Crippen LogP contribution in [0.25, 0.3) is 0 Å². The fourth-order valence-electron chi connectivity index (χ4n) is 2.14. The molecule has 0 saturated carbocycles. The van der Waals surface area contributed by atoms with Gasteiger partial charge in [0.2, 0.25) is 5.91 Å². The van der Waals surface area contributed by atoms with Crippen molar-refractivity contribution in [3.63, 3.8) is 0 Å². The monoisotopic (exact) mass is 371 g/mol. The molecule has 1 atom stereocenters. The van der Waals surface area contributed by atoms with Crippen LogP contribution in [0.5, 0.6) is 5.75 Å². The summed E-state index contributed by atoms with van der Waals surface area (Å²) in [5.41, 5.74) is 0.660. The van der Waals surface area contributed by atoms with Crippen molar-refractivity contribution in [1.82, 2.24) is 5.32 Å². The SMILES string of the molecule is O=C(COCC(F)(F)F)NC(COc1ccccc1F)c1ccccc1. The predicted octanol–water partition coefficient (Wildman–Crippen LogP) is 3.64. The number of benzene rings is 2. The maximum Gasteiger partial charge on any atom is 0.411 e. The summed E-state index contributed by atoms with van der Waals surface area (Å²) in [5, 5.41) is 2.53. The van der Waals surface area contributed by atoms with Crippen molar-refractivity contribution in [2.24, 2.45) is 0 Å². The normalized spacial score (nSPS) is 12.5. The molecule has 0 aliphatic carbocycles. The Morgan fingerprint density at radius 2 is 1.69 bits per heavy atom. The van der Waals surface area contributed by atoms with E-state index in [1.165, 1.54) is 18.2 Å². The van der Waals surface area contributed by atoms with E-state index < -0.39 is 37.2 Å². The van der Waals surface area contributed by atoms with Crippen molar-refractivity contribution in [1.29, 1.82) is 0 Å². The van der Waals surface area contributed by atoms with Crippen molar-refractivity contribution in [3.05, 3.63) is 66.0 Å². The first kappa shape index (κ1) is 19.7. The lowest BCUT2D eigenvalue weighted by Gasteiger charge is -2.20. The maximum absolute atomic E-state index is 13.6. The summed E-state index contributed by atoms with van der Waals surface area (Å²) < 4.78 is 59.6. The molecule has 0 radical (unpaired) electrons. The molecule has 4 nitrogen and oxygen atoms in total. The molecule has 0 bridgehead atoms. The Bertz CT molecular complexity index is 707. The quantitative estimate of drug-likeness (QED) is 0.721. The Hall–Kier alpha value is -2.61. The van der Waals surface area contributed by atoms with Crippen LogP contribution in [0.4, 0.5) is 17.6 Å². The lowest BCUT2D eigenvalue weighted by molar-refractivity contribution is -0.175. The summed E-state index contributed by atoms with van der Waals surface area (Å²) in [6, 6.07) is 13.8. The van der Waals surface area contributed by atoms with Gasteiger partial charge in [-0.25, -0.2) is 4.39 Å². The smallest absolute Gasteiger partial charge is 0.411 e. The Morgan fingerprint density at radius 3 is 2.35 bits per heavy atom. The molecule has 2 aromatic rings. The largest absolute Gasteiger partial charge is 0.488 e. The van der Waals surface area contributed by atoms with Crippen LogP contribution in [0.15, 0.2) is 54.6 Å². The van der Waals surface area contributed by atoms with Gasteiger partial charge >= 0.3 is 6.18 Å². The van der Waals surface area contributed by atoms with E-state index in [1.807, 2.05) is 0 Å². The number of hydrogen-bond acceptors (Lipinski definition) is 3. The molecule has 1 N–H and O–H groups in total. The molecule has 0 aromatic heterocycles. The molecular formula is C18H17F4NO3. The van der Waals surface area contributed by atoms with E-state index in [9.17, 15) is 22.4 Å². The fraction of sp³-hybridized carbons (Fsp3) is 0.278. The molecule has 140 valence electrons. The van der Waals surface area contributed by atoms with Crippen molar-refractivity contribution in [2.45, 2.75) is 12.2 Å². The van der Waals surface area contributed by atoms with Crippen LogP contribution in [-0.2, 0) is 9.53 Å².